The molecule has 11 aromatic rings. The number of benzene rings is 9. The van der Waals surface area contributed by atoms with E-state index in [2.05, 4.69) is 181 Å². The van der Waals surface area contributed by atoms with Gasteiger partial charge in [0.05, 0.1) is 0 Å². The van der Waals surface area contributed by atoms with E-state index in [0.717, 1.165) is 0 Å². The van der Waals surface area contributed by atoms with Crippen LogP contribution in [0.1, 0.15) is 0 Å². The van der Waals surface area contributed by atoms with Crippen molar-refractivity contribution in [3.63, 3.8) is 0 Å². The molecule has 0 N–H and O–H groups in total. The van der Waals surface area contributed by atoms with Gasteiger partial charge in [-0.05, 0) is 0 Å². The summed E-state index contributed by atoms with van der Waals surface area (Å²) in [4.78, 5) is 1.32. The topological polar surface area (TPSA) is 0 Å². The first-order valence-corrected chi connectivity index (χ1v) is 20.3. The summed E-state index contributed by atoms with van der Waals surface area (Å²) in [5.74, 6) is 0. The quantitative estimate of drug-likeness (QED) is 0.124. The molecule has 0 amide bonds. The maximum atomic E-state index is 2.49. The summed E-state index contributed by atoms with van der Waals surface area (Å²) >= 11 is 2.04. The first kappa shape index (κ1) is 29.9. The van der Waals surface area contributed by atoms with Crippen LogP contribution in [0.25, 0.3) is 106 Å². The van der Waals surface area contributed by atoms with Crippen molar-refractivity contribution in [2.45, 2.75) is 0 Å². The van der Waals surface area contributed by atoms with Gasteiger partial charge in [0.15, 0.2) is 0 Å². The molecule has 52 heavy (non-hydrogen) atoms. The summed E-state index contributed by atoms with van der Waals surface area (Å²) in [5.41, 5.74) is 9.13. The molecule has 2 heteroatoms. The third-order valence-electron chi connectivity index (χ3n) is 10.7. The Morgan fingerprint density at radius 2 is 0.750 bits per heavy atom. The van der Waals surface area contributed by atoms with E-state index in [0.29, 0.717) is 0 Å². The minimum atomic E-state index is 0.224. The number of rotatable bonds is 4. The van der Waals surface area contributed by atoms with Crippen molar-refractivity contribution in [1.29, 1.82) is 0 Å². The van der Waals surface area contributed by atoms with Crippen LogP contribution in [0.15, 0.2) is 181 Å². The van der Waals surface area contributed by atoms with Crippen molar-refractivity contribution in [3.8, 4) is 43.8 Å². The summed E-state index contributed by atoms with van der Waals surface area (Å²) in [7, 11) is 0. The van der Waals surface area contributed by atoms with Crippen LogP contribution in [0, 0.1) is 0 Å². The summed E-state index contributed by atoms with van der Waals surface area (Å²) in [6, 6.07) is 65.6. The van der Waals surface area contributed by atoms with Crippen LogP contribution in [0.2, 0.25) is 0 Å². The van der Waals surface area contributed by atoms with Gasteiger partial charge in [0.25, 0.3) is 0 Å². The van der Waals surface area contributed by atoms with Gasteiger partial charge in [-0.1, -0.05) is 0 Å². The molecular formula is C50H30SSe. The third kappa shape index (κ3) is 4.52. The van der Waals surface area contributed by atoms with Crippen molar-refractivity contribution in [3.05, 3.63) is 181 Å². The molecule has 0 radical (unpaired) electrons. The zero-order chi connectivity index (χ0) is 34.2. The monoisotopic (exact) mass is 742 g/mol. The van der Waals surface area contributed by atoms with Gasteiger partial charge in [0.2, 0.25) is 0 Å². The van der Waals surface area contributed by atoms with E-state index in [9.17, 15) is 0 Å². The van der Waals surface area contributed by atoms with Crippen LogP contribution >= 0.6 is 11.3 Å². The van der Waals surface area contributed by atoms with Gasteiger partial charge in [0, 0.05) is 0 Å². The van der Waals surface area contributed by atoms with Crippen LogP contribution in [0.4, 0.5) is 0 Å². The predicted octanol–water partition coefficient (Wildman–Crippen LogP) is 14.4. The molecule has 0 unspecified atom stereocenters. The SMILES string of the molecule is c1ccc(-c2c3ccccc3c(-c3ccc4c(c3)[se]c3ccc(-c5c6ccccc6c(-c6cccs6)c6ccccc56)cc34)c3ccccc23)cc1. The van der Waals surface area contributed by atoms with Gasteiger partial charge in [-0.2, -0.15) is 0 Å². The molecule has 0 aliphatic carbocycles. The zero-order valence-corrected chi connectivity index (χ0v) is 30.7. The Balaban J connectivity index is 1.13. The second-order valence-corrected chi connectivity index (χ2v) is 16.8. The molecule has 0 aliphatic rings. The standard InChI is InChI=1S/C50H30SSe/c1-2-13-31(14-3-1)47-35-15-4-6-17-37(35)49(38-18-7-5-16-36(38)47)33-24-26-34-43-29-32(25-27-45(43)52-46(34)30-33)48-39-19-8-10-21-41(39)50(44-23-12-28-51-44)42-22-11-9-20-40(42)48/h1-30H. The van der Waals surface area contributed by atoms with E-state index in [1.54, 1.807) is 0 Å². The van der Waals surface area contributed by atoms with E-state index in [1.165, 1.54) is 106 Å². The minimum absolute atomic E-state index is 0.224. The average Bonchev–Trinajstić information content (AvgIpc) is 3.87. The Morgan fingerprint density at radius 1 is 0.288 bits per heavy atom. The Bertz CT molecular complexity index is 3050. The molecule has 11 rings (SSSR count). The second kappa shape index (κ2) is 11.9. The van der Waals surface area contributed by atoms with Crippen molar-refractivity contribution in [1.82, 2.24) is 0 Å². The van der Waals surface area contributed by atoms with Crippen LogP contribution in [0.5, 0.6) is 0 Å². The van der Waals surface area contributed by atoms with Gasteiger partial charge >= 0.3 is 313 Å². The van der Waals surface area contributed by atoms with Crippen LogP contribution < -0.4 is 0 Å². The maximum absolute atomic E-state index is 2.49. The Morgan fingerprint density at radius 3 is 1.27 bits per heavy atom. The third-order valence-corrected chi connectivity index (χ3v) is 14.0. The van der Waals surface area contributed by atoms with E-state index in [-0.39, 0.29) is 14.5 Å². The first-order valence-electron chi connectivity index (χ1n) is 17.7. The number of thiophene rings is 1. The number of hydrogen-bond acceptors (Lipinski definition) is 1. The van der Waals surface area contributed by atoms with Gasteiger partial charge in [-0.15, -0.1) is 0 Å². The Kier molecular flexibility index (Phi) is 6.85. The van der Waals surface area contributed by atoms with Crippen LogP contribution in [0.3, 0.4) is 0 Å². The number of fused-ring (bicyclic) bond motifs is 7. The summed E-state index contributed by atoms with van der Waals surface area (Å²) < 4.78 is 2.92. The summed E-state index contributed by atoms with van der Waals surface area (Å²) in [6.07, 6.45) is 0. The number of hydrogen-bond donors (Lipinski definition) is 0. The molecule has 0 saturated heterocycles. The predicted molar refractivity (Wildman–Crippen MR) is 228 cm³/mol. The fourth-order valence-electron chi connectivity index (χ4n) is 8.57. The van der Waals surface area contributed by atoms with Crippen LogP contribution in [-0.2, 0) is 0 Å². The van der Waals surface area contributed by atoms with E-state index >= 15 is 0 Å². The van der Waals surface area contributed by atoms with Gasteiger partial charge in [-0.3, -0.25) is 0 Å². The van der Waals surface area contributed by atoms with Crippen molar-refractivity contribution >= 4 is 88.2 Å². The van der Waals surface area contributed by atoms with Crippen molar-refractivity contribution < 1.29 is 0 Å². The summed E-state index contributed by atoms with van der Waals surface area (Å²) in [5, 5.41) is 15.4. The fraction of sp³-hybridized carbons (Fsp3) is 0. The molecule has 0 spiro atoms. The zero-order valence-electron chi connectivity index (χ0n) is 28.1. The van der Waals surface area contributed by atoms with Crippen LogP contribution in [-0.4, -0.2) is 14.5 Å². The molecule has 242 valence electrons. The molecule has 0 nitrogen and oxygen atoms in total. The van der Waals surface area contributed by atoms with E-state index < -0.39 is 0 Å². The molecule has 2 aromatic heterocycles. The van der Waals surface area contributed by atoms with Gasteiger partial charge < -0.3 is 0 Å². The van der Waals surface area contributed by atoms with Crippen molar-refractivity contribution in [2.75, 3.05) is 0 Å². The molecule has 0 atom stereocenters. The van der Waals surface area contributed by atoms with E-state index in [4.69, 9.17) is 0 Å². The van der Waals surface area contributed by atoms with Crippen molar-refractivity contribution in [2.24, 2.45) is 0 Å². The van der Waals surface area contributed by atoms with Gasteiger partial charge in [-0.25, -0.2) is 0 Å². The average molecular weight is 742 g/mol. The Labute approximate surface area is 311 Å². The normalized spacial score (nSPS) is 11.8. The first-order chi connectivity index (χ1) is 25.8. The van der Waals surface area contributed by atoms with E-state index in [1.807, 2.05) is 11.3 Å². The molecule has 0 bridgehead atoms. The summed E-state index contributed by atoms with van der Waals surface area (Å²) in [6.45, 7) is 0. The molecule has 9 aromatic carbocycles. The molecular weight excluding hydrogens is 712 g/mol. The fourth-order valence-corrected chi connectivity index (χ4v) is 11.7. The molecule has 0 saturated carbocycles. The Hall–Kier alpha value is -5.76. The molecule has 0 fully saturated rings. The molecule has 0 aliphatic heterocycles. The molecule has 2 heterocycles. The second-order valence-electron chi connectivity index (χ2n) is 13.5. The van der Waals surface area contributed by atoms with Gasteiger partial charge in [0.1, 0.15) is 0 Å².